The number of hydrogen-bond acceptors (Lipinski definition) is 11. The zero-order valence-corrected chi connectivity index (χ0v) is 16.2. The van der Waals surface area contributed by atoms with Crippen LogP contribution in [0.15, 0.2) is 12.7 Å². The second kappa shape index (κ2) is 8.28. The van der Waals surface area contributed by atoms with Gasteiger partial charge in [0.05, 0.1) is 25.1 Å². The van der Waals surface area contributed by atoms with E-state index in [0.29, 0.717) is 11.2 Å². The Bertz CT molecular complexity index is 938. The molecule has 14 nitrogen and oxygen atoms in total. The van der Waals surface area contributed by atoms with Crippen LogP contribution in [0.4, 0.5) is 5.82 Å². The number of ether oxygens (including phenoxy) is 1. The van der Waals surface area contributed by atoms with Gasteiger partial charge in [0.15, 0.2) is 17.7 Å². The lowest BCUT2D eigenvalue weighted by molar-refractivity contribution is -0.123. The Morgan fingerprint density at radius 2 is 2.24 bits per heavy atom. The van der Waals surface area contributed by atoms with E-state index < -0.39 is 50.8 Å². The molecule has 0 radical (unpaired) electrons. The van der Waals surface area contributed by atoms with Crippen molar-refractivity contribution in [3.05, 3.63) is 12.7 Å². The summed E-state index contributed by atoms with van der Waals surface area (Å²) in [6.45, 7) is 0.870. The molecule has 29 heavy (non-hydrogen) atoms. The SMILES string of the molecule is C[C@@H](O)[C@H](N)C(=O)NP(=O)(O)OC[C@@H]1C[C@H](O)[C@H](n2cnc3c(N)ncnc32)O1. The van der Waals surface area contributed by atoms with E-state index in [4.69, 9.17) is 20.7 Å². The third-order valence-electron chi connectivity index (χ3n) is 4.34. The van der Waals surface area contributed by atoms with Gasteiger partial charge >= 0.3 is 7.75 Å². The topological polar surface area (TPSA) is 221 Å². The highest BCUT2D eigenvalue weighted by Gasteiger charge is 2.38. The minimum absolute atomic E-state index is 0.0893. The largest absolute Gasteiger partial charge is 0.432 e. The predicted octanol–water partition coefficient (Wildman–Crippen LogP) is -2.00. The van der Waals surface area contributed by atoms with Gasteiger partial charge < -0.3 is 31.3 Å². The van der Waals surface area contributed by atoms with Gasteiger partial charge in [-0.15, -0.1) is 0 Å². The summed E-state index contributed by atoms with van der Waals surface area (Å²) >= 11 is 0. The number of carbonyl (C=O) groups excluding carboxylic acids is 1. The summed E-state index contributed by atoms with van der Waals surface area (Å²) < 4.78 is 24.0. The Morgan fingerprint density at radius 1 is 1.52 bits per heavy atom. The number of carbonyl (C=O) groups is 1. The van der Waals surface area contributed by atoms with E-state index in [1.165, 1.54) is 24.1 Å². The lowest BCUT2D eigenvalue weighted by Gasteiger charge is -2.20. The molecule has 1 saturated heterocycles. The van der Waals surface area contributed by atoms with Crippen LogP contribution >= 0.6 is 7.75 Å². The molecule has 0 bridgehead atoms. The van der Waals surface area contributed by atoms with E-state index in [1.54, 1.807) is 5.09 Å². The van der Waals surface area contributed by atoms with E-state index in [0.717, 1.165) is 0 Å². The standard InChI is InChI=1S/C14H22N7O7P/c1-6(22)9(15)13(24)20-29(25,26)27-3-7-2-8(23)14(28-7)21-5-19-10-11(16)17-4-18-12(10)21/h4-9,14,22-23H,2-3,15H2,1H3,(H2,16,17,18)(H2,20,24,25,26)/t6-,7+,8+,9+,14-/m1/s1. The minimum Gasteiger partial charge on any atom is -0.391 e. The van der Waals surface area contributed by atoms with Crippen molar-refractivity contribution < 1.29 is 33.7 Å². The van der Waals surface area contributed by atoms with Gasteiger partial charge in [0.2, 0.25) is 5.91 Å². The highest BCUT2D eigenvalue weighted by atomic mass is 31.2. The first-order valence-corrected chi connectivity index (χ1v) is 10.2. The van der Waals surface area contributed by atoms with Crippen LogP contribution in [0.1, 0.15) is 19.6 Å². The lowest BCUT2D eigenvalue weighted by atomic mass is 10.2. The van der Waals surface area contributed by atoms with Crippen molar-refractivity contribution in [2.24, 2.45) is 5.73 Å². The van der Waals surface area contributed by atoms with Crippen molar-refractivity contribution in [3.63, 3.8) is 0 Å². The molecule has 0 saturated carbocycles. The Labute approximate surface area is 164 Å². The Balaban J connectivity index is 1.62. The summed E-state index contributed by atoms with van der Waals surface area (Å²) in [6.07, 6.45) is -1.09. The fourth-order valence-corrected chi connectivity index (χ4v) is 3.65. The maximum Gasteiger partial charge on any atom is 0.432 e. The number of aromatic nitrogens is 4. The first kappa shape index (κ1) is 21.5. The molecule has 0 aliphatic carbocycles. The second-order valence-corrected chi connectivity index (χ2v) is 8.12. The van der Waals surface area contributed by atoms with Crippen molar-refractivity contribution >= 4 is 30.6 Å². The normalized spacial score (nSPS) is 26.2. The van der Waals surface area contributed by atoms with E-state index in [2.05, 4.69) is 15.0 Å². The maximum absolute atomic E-state index is 12.0. The number of nitrogen functional groups attached to an aromatic ring is 1. The highest BCUT2D eigenvalue weighted by molar-refractivity contribution is 7.51. The smallest absolute Gasteiger partial charge is 0.391 e. The Kier molecular flexibility index (Phi) is 6.14. The van der Waals surface area contributed by atoms with Gasteiger partial charge in [-0.25, -0.2) is 19.5 Å². The van der Waals surface area contributed by atoms with Crippen LogP contribution in [0, 0.1) is 0 Å². The van der Waals surface area contributed by atoms with Crippen molar-refractivity contribution in [2.75, 3.05) is 12.3 Å². The van der Waals surface area contributed by atoms with Gasteiger partial charge in [0, 0.05) is 6.42 Å². The molecule has 160 valence electrons. The Hall–Kier alpha value is -2.19. The van der Waals surface area contributed by atoms with Gasteiger partial charge in [-0.2, -0.15) is 0 Å². The van der Waals surface area contributed by atoms with E-state index in [1.807, 2.05) is 0 Å². The van der Waals surface area contributed by atoms with Gasteiger partial charge in [0.25, 0.3) is 0 Å². The number of fused-ring (bicyclic) bond motifs is 1. The Morgan fingerprint density at radius 3 is 2.93 bits per heavy atom. The first-order chi connectivity index (χ1) is 13.6. The molecule has 6 atom stereocenters. The van der Waals surface area contributed by atoms with Gasteiger partial charge in [-0.1, -0.05) is 0 Å². The number of nitrogens with two attached hydrogens (primary N) is 2. The predicted molar refractivity (Wildman–Crippen MR) is 97.8 cm³/mol. The van der Waals surface area contributed by atoms with Crippen molar-refractivity contribution in [1.82, 2.24) is 24.6 Å². The van der Waals surface area contributed by atoms with E-state index in [9.17, 15) is 24.5 Å². The summed E-state index contributed by atoms with van der Waals surface area (Å²) in [4.78, 5) is 33.5. The quantitative estimate of drug-likeness (QED) is 0.262. The van der Waals surface area contributed by atoms with Crippen LogP contribution < -0.4 is 16.6 Å². The fraction of sp³-hybridized carbons (Fsp3) is 0.571. The monoisotopic (exact) mass is 431 g/mol. The number of aliphatic hydroxyl groups is 2. The van der Waals surface area contributed by atoms with Crippen LogP contribution in [-0.2, 0) is 18.6 Å². The molecular formula is C14H22N7O7P. The third kappa shape index (κ3) is 4.70. The molecular weight excluding hydrogens is 409 g/mol. The summed E-state index contributed by atoms with van der Waals surface area (Å²) in [5.41, 5.74) is 11.8. The first-order valence-electron chi connectivity index (χ1n) is 8.58. The zero-order valence-electron chi connectivity index (χ0n) is 15.3. The summed E-state index contributed by atoms with van der Waals surface area (Å²) in [5.74, 6) is -0.869. The molecule has 1 aliphatic heterocycles. The molecule has 1 amide bonds. The minimum atomic E-state index is -4.55. The summed E-state index contributed by atoms with van der Waals surface area (Å²) in [7, 11) is -4.55. The number of amides is 1. The van der Waals surface area contributed by atoms with Crippen LogP contribution in [0.25, 0.3) is 11.2 Å². The number of nitrogens with one attached hydrogen (secondary N) is 1. The zero-order chi connectivity index (χ0) is 21.3. The number of hydrogen-bond donors (Lipinski definition) is 6. The lowest BCUT2D eigenvalue weighted by Crippen LogP contribution is -2.46. The van der Waals surface area contributed by atoms with Gasteiger partial charge in [-0.05, 0) is 6.92 Å². The molecule has 1 fully saturated rings. The number of anilines is 1. The number of nitrogens with zero attached hydrogens (tertiary/aromatic N) is 4. The van der Waals surface area contributed by atoms with E-state index >= 15 is 0 Å². The summed E-state index contributed by atoms with van der Waals surface area (Å²) in [6, 6.07) is -1.39. The van der Waals surface area contributed by atoms with Crippen LogP contribution in [0.3, 0.4) is 0 Å². The maximum atomic E-state index is 12.0. The highest BCUT2D eigenvalue weighted by Crippen LogP contribution is 2.39. The fourth-order valence-electron chi connectivity index (χ4n) is 2.79. The van der Waals surface area contributed by atoms with Crippen LogP contribution in [0.5, 0.6) is 0 Å². The number of aliphatic hydroxyl groups excluding tert-OH is 2. The van der Waals surface area contributed by atoms with Crippen molar-refractivity contribution in [2.45, 2.75) is 43.9 Å². The third-order valence-corrected chi connectivity index (χ3v) is 5.34. The average Bonchev–Trinajstić information content (AvgIpc) is 3.23. The van der Waals surface area contributed by atoms with Crippen molar-refractivity contribution in [1.29, 1.82) is 0 Å². The van der Waals surface area contributed by atoms with Crippen LogP contribution in [-0.4, -0.2) is 71.5 Å². The van der Waals surface area contributed by atoms with Crippen molar-refractivity contribution in [3.8, 4) is 0 Å². The summed E-state index contributed by atoms with van der Waals surface area (Å²) in [5, 5.41) is 21.3. The molecule has 1 unspecified atom stereocenters. The molecule has 2 aromatic heterocycles. The molecule has 0 aromatic carbocycles. The number of rotatable bonds is 7. The van der Waals surface area contributed by atoms with Gasteiger partial charge in [-0.3, -0.25) is 19.0 Å². The van der Waals surface area contributed by atoms with E-state index in [-0.39, 0.29) is 12.2 Å². The average molecular weight is 431 g/mol. The molecule has 8 N–H and O–H groups in total. The molecule has 2 aromatic rings. The molecule has 3 rings (SSSR count). The molecule has 3 heterocycles. The molecule has 1 aliphatic rings. The number of imidazole rings is 1. The van der Waals surface area contributed by atoms with Crippen LogP contribution in [0.2, 0.25) is 0 Å². The molecule has 15 heteroatoms. The molecule has 0 spiro atoms. The second-order valence-electron chi connectivity index (χ2n) is 6.59. The van der Waals surface area contributed by atoms with Gasteiger partial charge in [0.1, 0.15) is 24.0 Å².